The minimum absolute atomic E-state index is 0.0165. The Labute approximate surface area is 102 Å². The summed E-state index contributed by atoms with van der Waals surface area (Å²) in [4.78, 5) is 22.2. The van der Waals surface area contributed by atoms with E-state index in [0.29, 0.717) is 0 Å². The van der Waals surface area contributed by atoms with Crippen LogP contribution in [0.4, 0.5) is 4.79 Å². The van der Waals surface area contributed by atoms with E-state index in [1.165, 1.54) is 7.11 Å². The molecule has 0 aromatic heterocycles. The number of amides is 1. The van der Waals surface area contributed by atoms with Crippen molar-refractivity contribution in [3.8, 4) is 0 Å². The molecule has 0 radical (unpaired) electrons. The van der Waals surface area contributed by atoms with Gasteiger partial charge < -0.3 is 14.8 Å². The molecular formula is C10H18NO5P. The second-order valence-corrected chi connectivity index (χ2v) is 5.36. The Balaban J connectivity index is 4.03. The monoisotopic (exact) mass is 263 g/mol. The molecule has 0 aromatic rings. The van der Waals surface area contributed by atoms with Crippen LogP contribution in [0.5, 0.6) is 0 Å². The molecule has 0 fully saturated rings. The lowest BCUT2D eigenvalue weighted by molar-refractivity contribution is -0.140. The number of nitrogens with one attached hydrogen (secondary N) is 1. The van der Waals surface area contributed by atoms with Crippen molar-refractivity contribution in [2.75, 3.05) is 13.7 Å². The lowest BCUT2D eigenvalue weighted by atomic mass is 10.2. The van der Waals surface area contributed by atoms with Gasteiger partial charge in [0.15, 0.2) is 8.46 Å². The molecule has 1 amide bonds. The zero-order chi connectivity index (χ0) is 13.5. The van der Waals surface area contributed by atoms with Crippen molar-refractivity contribution in [1.82, 2.24) is 5.32 Å². The van der Waals surface area contributed by atoms with Crippen LogP contribution in [-0.2, 0) is 18.8 Å². The molecule has 0 heterocycles. The third-order valence-electron chi connectivity index (χ3n) is 1.66. The number of esters is 1. The Hall–Kier alpha value is -1.16. The van der Waals surface area contributed by atoms with Crippen molar-refractivity contribution < 1.29 is 23.6 Å². The number of hydrogen-bond acceptors (Lipinski definition) is 5. The molecule has 1 unspecified atom stereocenters. The van der Waals surface area contributed by atoms with E-state index < -0.39 is 23.3 Å². The fourth-order valence-corrected chi connectivity index (χ4v) is 1.33. The highest BCUT2D eigenvalue weighted by Crippen LogP contribution is 2.11. The van der Waals surface area contributed by atoms with Crippen LogP contribution in [0.25, 0.3) is 0 Å². The third-order valence-corrected chi connectivity index (χ3v) is 2.32. The molecule has 0 bridgehead atoms. The van der Waals surface area contributed by atoms with Crippen molar-refractivity contribution in [2.45, 2.75) is 38.5 Å². The summed E-state index contributed by atoms with van der Waals surface area (Å²) in [6.45, 7) is 5.31. The standard InChI is InChI=1S/C10H18NO5P/c1-10(2,3)16-9(13)11-6-7(17-14)5-8(12)15-4/h7H,5-6H2,1-4H3,(H,11,13). The van der Waals surface area contributed by atoms with Crippen LogP contribution in [0.15, 0.2) is 0 Å². The van der Waals surface area contributed by atoms with Crippen LogP contribution in [0.1, 0.15) is 27.2 Å². The first-order valence-electron chi connectivity index (χ1n) is 5.14. The first-order chi connectivity index (χ1) is 7.78. The highest BCUT2D eigenvalue weighted by atomic mass is 31.1. The van der Waals surface area contributed by atoms with Gasteiger partial charge >= 0.3 is 12.1 Å². The lowest BCUT2D eigenvalue weighted by Crippen LogP contribution is -2.36. The van der Waals surface area contributed by atoms with Crippen molar-refractivity contribution in [2.24, 2.45) is 0 Å². The van der Waals surface area contributed by atoms with E-state index in [2.05, 4.69) is 10.1 Å². The summed E-state index contributed by atoms with van der Waals surface area (Å²) in [6, 6.07) is 0. The number of carbonyl (C=O) groups excluding carboxylic acids is 2. The normalized spacial score (nSPS) is 12.9. The maximum Gasteiger partial charge on any atom is 0.407 e. The smallest absolute Gasteiger partial charge is 0.407 e. The van der Waals surface area contributed by atoms with Crippen molar-refractivity contribution in [3.63, 3.8) is 0 Å². The summed E-state index contributed by atoms with van der Waals surface area (Å²) in [5.74, 6) is -0.468. The molecule has 0 aromatic carbocycles. The topological polar surface area (TPSA) is 81.7 Å². The van der Waals surface area contributed by atoms with E-state index >= 15 is 0 Å². The first kappa shape index (κ1) is 15.8. The summed E-state index contributed by atoms with van der Waals surface area (Å²) in [7, 11) is 1.03. The predicted octanol–water partition coefficient (Wildman–Crippen LogP) is 1.73. The molecule has 0 aliphatic heterocycles. The van der Waals surface area contributed by atoms with Gasteiger partial charge in [-0.15, -0.1) is 0 Å². The number of rotatable bonds is 5. The minimum atomic E-state index is -0.601. The average molecular weight is 263 g/mol. The molecule has 1 N–H and O–H groups in total. The number of ether oxygens (including phenoxy) is 2. The van der Waals surface area contributed by atoms with E-state index in [-0.39, 0.29) is 21.4 Å². The van der Waals surface area contributed by atoms with Gasteiger partial charge in [0.2, 0.25) is 0 Å². The van der Waals surface area contributed by atoms with Crippen molar-refractivity contribution >= 4 is 20.5 Å². The fourth-order valence-electron chi connectivity index (χ4n) is 0.938. The van der Waals surface area contributed by atoms with Crippen LogP contribution < -0.4 is 5.32 Å². The number of carbonyl (C=O) groups is 2. The zero-order valence-corrected chi connectivity index (χ0v) is 11.4. The van der Waals surface area contributed by atoms with Gasteiger partial charge in [0.1, 0.15) is 5.60 Å². The molecule has 0 aliphatic rings. The number of alkyl carbamates (subject to hydrolysis) is 1. The van der Waals surface area contributed by atoms with Gasteiger partial charge in [0.25, 0.3) is 0 Å². The van der Waals surface area contributed by atoms with Crippen LogP contribution in [0.2, 0.25) is 0 Å². The van der Waals surface area contributed by atoms with E-state index in [1.807, 2.05) is 0 Å². The predicted molar refractivity (Wildman–Crippen MR) is 62.3 cm³/mol. The maximum absolute atomic E-state index is 11.3. The second-order valence-electron chi connectivity index (χ2n) is 4.42. The highest BCUT2D eigenvalue weighted by Gasteiger charge is 2.19. The molecule has 0 rings (SSSR count). The highest BCUT2D eigenvalue weighted by molar-refractivity contribution is 7.24. The lowest BCUT2D eigenvalue weighted by Gasteiger charge is -2.20. The molecule has 0 saturated heterocycles. The van der Waals surface area contributed by atoms with Gasteiger partial charge in [0, 0.05) is 6.54 Å². The van der Waals surface area contributed by atoms with E-state index in [1.54, 1.807) is 20.8 Å². The van der Waals surface area contributed by atoms with Gasteiger partial charge in [-0.3, -0.25) is 9.36 Å². The zero-order valence-electron chi connectivity index (χ0n) is 10.5. The van der Waals surface area contributed by atoms with E-state index in [4.69, 9.17) is 4.74 Å². The van der Waals surface area contributed by atoms with Crippen molar-refractivity contribution in [1.29, 1.82) is 0 Å². The maximum atomic E-state index is 11.3. The Kier molecular flexibility index (Phi) is 6.73. The summed E-state index contributed by atoms with van der Waals surface area (Å²) >= 11 is 0. The summed E-state index contributed by atoms with van der Waals surface area (Å²) in [6.07, 6.45) is -0.617. The molecule has 17 heavy (non-hydrogen) atoms. The quantitative estimate of drug-likeness (QED) is 0.603. The third kappa shape index (κ3) is 8.63. The Morgan fingerprint density at radius 3 is 2.35 bits per heavy atom. The largest absolute Gasteiger partial charge is 0.469 e. The van der Waals surface area contributed by atoms with Gasteiger partial charge in [-0.1, -0.05) is 0 Å². The minimum Gasteiger partial charge on any atom is -0.469 e. The van der Waals surface area contributed by atoms with Gasteiger partial charge in [-0.2, -0.15) is 0 Å². The van der Waals surface area contributed by atoms with Gasteiger partial charge in [-0.25, -0.2) is 4.79 Å². The molecule has 1 atom stereocenters. The molecule has 0 saturated carbocycles. The molecule has 98 valence electrons. The molecule has 7 heteroatoms. The molecule has 0 spiro atoms. The Morgan fingerprint density at radius 2 is 1.94 bits per heavy atom. The van der Waals surface area contributed by atoms with Crippen molar-refractivity contribution in [3.05, 3.63) is 0 Å². The van der Waals surface area contributed by atoms with Crippen LogP contribution in [0, 0.1) is 0 Å². The van der Waals surface area contributed by atoms with Gasteiger partial charge in [0.05, 0.1) is 19.2 Å². The fraction of sp³-hybridized carbons (Fsp3) is 0.800. The van der Waals surface area contributed by atoms with E-state index in [0.717, 1.165) is 0 Å². The van der Waals surface area contributed by atoms with Crippen LogP contribution in [0.3, 0.4) is 0 Å². The second kappa shape index (κ2) is 7.22. The Morgan fingerprint density at radius 1 is 1.35 bits per heavy atom. The Bertz CT molecular complexity index is 287. The summed E-state index contributed by atoms with van der Waals surface area (Å²) in [5.41, 5.74) is -1.09. The molecule has 0 aliphatic carbocycles. The van der Waals surface area contributed by atoms with Gasteiger partial charge in [-0.05, 0) is 20.8 Å². The number of methoxy groups -OCH3 is 1. The van der Waals surface area contributed by atoms with Crippen LogP contribution >= 0.6 is 8.46 Å². The molecule has 6 nitrogen and oxygen atoms in total. The molecular weight excluding hydrogens is 245 g/mol. The number of hydrogen-bond donors (Lipinski definition) is 1. The average Bonchev–Trinajstić information content (AvgIpc) is 2.21. The van der Waals surface area contributed by atoms with Crippen LogP contribution in [-0.4, -0.2) is 37.0 Å². The summed E-state index contributed by atoms with van der Waals surface area (Å²) < 4.78 is 20.2. The van der Waals surface area contributed by atoms with E-state index in [9.17, 15) is 14.2 Å². The summed E-state index contributed by atoms with van der Waals surface area (Å²) in [5, 5.41) is 2.44. The first-order valence-corrected chi connectivity index (χ1v) is 6.02. The SMILES string of the molecule is COC(=O)CC(CNC(=O)OC(C)(C)C)P=O.